The molecule has 188 valence electrons. The third-order valence-corrected chi connectivity index (χ3v) is 5.70. The molecule has 0 radical (unpaired) electrons. The van der Waals surface area contributed by atoms with Gasteiger partial charge in [0.15, 0.2) is 17.3 Å². The number of aromatic nitrogens is 4. The lowest BCUT2D eigenvalue weighted by atomic mass is 10.0. The quantitative estimate of drug-likeness (QED) is 0.354. The summed E-state index contributed by atoms with van der Waals surface area (Å²) in [4.78, 5) is 21.0. The molecule has 1 amide bonds. The molecular formula is C22H25F4N7O2. The third kappa shape index (κ3) is 5.78. The zero-order valence-corrected chi connectivity index (χ0v) is 19.0. The molecule has 0 aliphatic heterocycles. The highest BCUT2D eigenvalue weighted by Gasteiger charge is 2.39. The van der Waals surface area contributed by atoms with Gasteiger partial charge in [-0.3, -0.25) is 4.79 Å². The molecule has 2 unspecified atom stereocenters. The first-order valence-corrected chi connectivity index (χ1v) is 11.0. The fraction of sp³-hybridized carbons (Fsp3) is 0.455. The van der Waals surface area contributed by atoms with E-state index in [1.165, 1.54) is 36.8 Å². The first-order valence-electron chi connectivity index (χ1n) is 11.0. The van der Waals surface area contributed by atoms with E-state index in [0.29, 0.717) is 5.65 Å². The SMILES string of the molecule is CC(C)(O)C(F)CNC(=O)c1cnc(Nc2nc3ccnn3cc2F)cc1NC1CCC(F)(F)C1. The number of fused-ring (bicyclic) bond motifs is 1. The molecule has 4 rings (SSSR count). The number of aliphatic hydroxyl groups is 1. The van der Waals surface area contributed by atoms with Gasteiger partial charge in [0.25, 0.3) is 5.91 Å². The predicted molar refractivity (Wildman–Crippen MR) is 120 cm³/mol. The van der Waals surface area contributed by atoms with Gasteiger partial charge in [0.2, 0.25) is 5.92 Å². The predicted octanol–water partition coefficient (Wildman–Crippen LogP) is 3.45. The van der Waals surface area contributed by atoms with Crippen molar-refractivity contribution in [3.8, 4) is 0 Å². The number of rotatable bonds is 8. The minimum Gasteiger partial charge on any atom is -0.387 e. The summed E-state index contributed by atoms with van der Waals surface area (Å²) in [5, 5.41) is 21.7. The second-order valence-electron chi connectivity index (χ2n) is 9.08. The molecule has 3 aromatic rings. The average molecular weight is 495 g/mol. The van der Waals surface area contributed by atoms with Gasteiger partial charge in [0.1, 0.15) is 12.0 Å². The van der Waals surface area contributed by atoms with Crippen molar-refractivity contribution in [3.63, 3.8) is 0 Å². The molecule has 1 aliphatic rings. The van der Waals surface area contributed by atoms with Gasteiger partial charge in [0, 0.05) is 37.2 Å². The van der Waals surface area contributed by atoms with E-state index in [1.807, 2.05) is 0 Å². The van der Waals surface area contributed by atoms with Crippen LogP contribution in [0.3, 0.4) is 0 Å². The zero-order chi connectivity index (χ0) is 25.4. The lowest BCUT2D eigenvalue weighted by Crippen LogP contribution is -2.42. The number of amides is 1. The molecule has 3 aromatic heterocycles. The molecule has 3 heterocycles. The van der Waals surface area contributed by atoms with Crippen LogP contribution in [0.4, 0.5) is 34.9 Å². The molecule has 9 nitrogen and oxygen atoms in total. The number of hydrogen-bond acceptors (Lipinski definition) is 7. The van der Waals surface area contributed by atoms with E-state index in [9.17, 15) is 27.5 Å². The van der Waals surface area contributed by atoms with E-state index in [2.05, 4.69) is 31.0 Å². The Morgan fingerprint density at radius 3 is 2.86 bits per heavy atom. The first-order chi connectivity index (χ1) is 16.4. The maximum absolute atomic E-state index is 14.4. The maximum Gasteiger partial charge on any atom is 0.255 e. The molecule has 1 aliphatic carbocycles. The summed E-state index contributed by atoms with van der Waals surface area (Å²) in [6.45, 7) is 2.07. The molecule has 1 fully saturated rings. The molecule has 0 saturated heterocycles. The van der Waals surface area contributed by atoms with Crippen molar-refractivity contribution in [3.05, 3.63) is 42.1 Å². The Bertz CT molecular complexity index is 1230. The summed E-state index contributed by atoms with van der Waals surface area (Å²) in [5.41, 5.74) is -1.15. The van der Waals surface area contributed by atoms with Crippen LogP contribution in [-0.4, -0.2) is 60.9 Å². The number of carbonyl (C=O) groups excluding carboxylic acids is 1. The number of nitrogens with zero attached hydrogens (tertiary/aromatic N) is 4. The summed E-state index contributed by atoms with van der Waals surface area (Å²) >= 11 is 0. The second-order valence-corrected chi connectivity index (χ2v) is 9.08. The van der Waals surface area contributed by atoms with E-state index in [0.717, 1.165) is 6.20 Å². The van der Waals surface area contributed by atoms with Crippen LogP contribution in [-0.2, 0) is 0 Å². The number of halogens is 4. The average Bonchev–Trinajstić information content (AvgIpc) is 3.36. The maximum atomic E-state index is 14.4. The Labute approximate surface area is 198 Å². The van der Waals surface area contributed by atoms with Crippen molar-refractivity contribution >= 4 is 28.9 Å². The van der Waals surface area contributed by atoms with Gasteiger partial charge in [-0.15, -0.1) is 0 Å². The smallest absolute Gasteiger partial charge is 0.255 e. The zero-order valence-electron chi connectivity index (χ0n) is 19.0. The number of nitrogens with one attached hydrogen (secondary N) is 3. The summed E-state index contributed by atoms with van der Waals surface area (Å²) in [6.07, 6.45) is 1.48. The number of pyridine rings is 1. The van der Waals surface area contributed by atoms with Crippen molar-refractivity contribution in [2.24, 2.45) is 0 Å². The Balaban J connectivity index is 1.59. The third-order valence-electron chi connectivity index (χ3n) is 5.70. The minimum absolute atomic E-state index is 0.0200. The Morgan fingerprint density at radius 1 is 1.40 bits per heavy atom. The van der Waals surface area contributed by atoms with Crippen molar-refractivity contribution in [1.29, 1.82) is 0 Å². The minimum atomic E-state index is -2.82. The van der Waals surface area contributed by atoms with Crippen LogP contribution in [0.5, 0.6) is 0 Å². The van der Waals surface area contributed by atoms with Gasteiger partial charge in [-0.25, -0.2) is 32.0 Å². The van der Waals surface area contributed by atoms with Crippen LogP contribution in [0, 0.1) is 5.82 Å². The fourth-order valence-corrected chi connectivity index (χ4v) is 3.69. The standard InChI is InChI=1S/C22H25F4N7O2/c1-21(2,35)16(24)10-28-20(34)13-9-27-17(7-15(13)30-12-3-5-22(25,26)8-12)31-19-14(23)11-33-18(32-19)4-6-29-33/h4,6-7,9,11-12,16,35H,3,5,8,10H2,1-2H3,(H,28,34)(H2,27,30,31,32). The van der Waals surface area contributed by atoms with E-state index < -0.39 is 48.4 Å². The summed E-state index contributed by atoms with van der Waals surface area (Å²) in [6, 6.07) is 2.33. The van der Waals surface area contributed by atoms with Crippen LogP contribution in [0.25, 0.3) is 5.65 Å². The monoisotopic (exact) mass is 495 g/mol. The highest BCUT2D eigenvalue weighted by atomic mass is 19.3. The van der Waals surface area contributed by atoms with E-state index in [1.54, 1.807) is 6.07 Å². The Kier molecular flexibility index (Phi) is 6.54. The van der Waals surface area contributed by atoms with Crippen molar-refractivity contribution < 1.29 is 27.5 Å². The van der Waals surface area contributed by atoms with Gasteiger partial charge in [0.05, 0.1) is 35.8 Å². The molecule has 35 heavy (non-hydrogen) atoms. The second kappa shape index (κ2) is 9.29. The van der Waals surface area contributed by atoms with Gasteiger partial charge < -0.3 is 21.1 Å². The van der Waals surface area contributed by atoms with E-state index in [4.69, 9.17) is 0 Å². The first kappa shape index (κ1) is 24.6. The number of anilines is 3. The molecule has 1 saturated carbocycles. The van der Waals surface area contributed by atoms with E-state index >= 15 is 0 Å². The molecule has 4 N–H and O–H groups in total. The molecule has 2 atom stereocenters. The molecule has 13 heteroatoms. The van der Waals surface area contributed by atoms with Gasteiger partial charge in [-0.1, -0.05) is 0 Å². The van der Waals surface area contributed by atoms with Gasteiger partial charge >= 0.3 is 0 Å². The van der Waals surface area contributed by atoms with Crippen molar-refractivity contribution in [1.82, 2.24) is 24.9 Å². The number of hydrogen-bond donors (Lipinski definition) is 4. The van der Waals surface area contributed by atoms with Crippen LogP contribution in [0.2, 0.25) is 0 Å². The van der Waals surface area contributed by atoms with Crippen LogP contribution >= 0.6 is 0 Å². The van der Waals surface area contributed by atoms with Crippen molar-refractivity contribution in [2.45, 2.75) is 56.8 Å². The Morgan fingerprint density at radius 2 is 2.17 bits per heavy atom. The summed E-state index contributed by atoms with van der Waals surface area (Å²) in [7, 11) is 0. The normalized spacial score (nSPS) is 18.4. The van der Waals surface area contributed by atoms with Crippen LogP contribution in [0.15, 0.2) is 30.7 Å². The topological polar surface area (TPSA) is 116 Å². The number of alkyl halides is 3. The van der Waals surface area contributed by atoms with Crippen LogP contribution < -0.4 is 16.0 Å². The van der Waals surface area contributed by atoms with Crippen LogP contribution in [0.1, 0.15) is 43.5 Å². The summed E-state index contributed by atoms with van der Waals surface area (Å²) in [5.74, 6) is -4.30. The van der Waals surface area contributed by atoms with Gasteiger partial charge in [-0.05, 0) is 20.3 Å². The summed E-state index contributed by atoms with van der Waals surface area (Å²) < 4.78 is 57.2. The highest BCUT2D eigenvalue weighted by molar-refractivity contribution is 5.99. The lowest BCUT2D eigenvalue weighted by molar-refractivity contribution is -0.00179. The molecule has 0 spiro atoms. The largest absolute Gasteiger partial charge is 0.387 e. The highest BCUT2D eigenvalue weighted by Crippen LogP contribution is 2.37. The molecule has 0 bridgehead atoms. The lowest BCUT2D eigenvalue weighted by Gasteiger charge is -2.23. The van der Waals surface area contributed by atoms with Gasteiger partial charge in [-0.2, -0.15) is 5.10 Å². The fourth-order valence-electron chi connectivity index (χ4n) is 3.69. The Hall–Kier alpha value is -3.48. The molecule has 0 aromatic carbocycles. The van der Waals surface area contributed by atoms with E-state index in [-0.39, 0.29) is 35.7 Å². The van der Waals surface area contributed by atoms with Crippen molar-refractivity contribution in [2.75, 3.05) is 17.2 Å². The molecular weight excluding hydrogens is 470 g/mol. The number of carbonyl (C=O) groups is 1.